The molecular weight excluding hydrogens is 94.1 g/mol. The number of nitrogens with zero attached hydrogens (tertiary/aromatic N) is 3. The van der Waals surface area contributed by atoms with Crippen molar-refractivity contribution < 1.29 is 0 Å². The highest BCUT2D eigenvalue weighted by molar-refractivity contribution is 6.05. The van der Waals surface area contributed by atoms with Crippen LogP contribution in [0.4, 0.5) is 0 Å². The smallest absolute Gasteiger partial charge is 0.140 e. The summed E-state index contributed by atoms with van der Waals surface area (Å²) in [5, 5.41) is 3.78. The summed E-state index contributed by atoms with van der Waals surface area (Å²) in [6.45, 7) is 0. The fraction of sp³-hybridized carbons (Fsp3) is 0. The van der Waals surface area contributed by atoms with Crippen molar-refractivity contribution in [3.63, 3.8) is 0 Å². The lowest BCUT2D eigenvalue weighted by Gasteiger charge is -1.75. The molecule has 3 nitrogen and oxygen atoms in total. The number of hydrogen-bond acceptors (Lipinski definition) is 2. The summed E-state index contributed by atoms with van der Waals surface area (Å²) < 4.78 is 1.78. The first-order chi connectivity index (χ1) is 2.89. The van der Waals surface area contributed by atoms with Crippen molar-refractivity contribution in [1.29, 1.82) is 0 Å². The summed E-state index contributed by atoms with van der Waals surface area (Å²) in [7, 11) is 0.939. The normalized spacial score (nSPS) is 9.33. The molecule has 0 radical (unpaired) electrons. The standard InChI is InChI=1S/C2H5N3Si/c6-5-2-3-1-4-5/h1-2H,6H3. The molecule has 32 valence electrons. The molecule has 0 unspecified atom stereocenters. The van der Waals surface area contributed by atoms with Gasteiger partial charge in [0, 0.05) is 0 Å². The van der Waals surface area contributed by atoms with Gasteiger partial charge in [-0.2, -0.15) is 5.10 Å². The molecule has 0 aliphatic carbocycles. The van der Waals surface area contributed by atoms with E-state index < -0.39 is 0 Å². The molecule has 0 saturated heterocycles. The number of aromatic nitrogens is 3. The van der Waals surface area contributed by atoms with Crippen LogP contribution in [0.3, 0.4) is 0 Å². The maximum Gasteiger partial charge on any atom is 0.140 e. The molecule has 1 aromatic rings. The van der Waals surface area contributed by atoms with Crippen molar-refractivity contribution in [2.75, 3.05) is 0 Å². The number of hydrogen-bond donors (Lipinski definition) is 0. The van der Waals surface area contributed by atoms with Crippen LogP contribution in [0.1, 0.15) is 0 Å². The van der Waals surface area contributed by atoms with Crippen molar-refractivity contribution in [3.05, 3.63) is 12.7 Å². The zero-order valence-electron chi connectivity index (χ0n) is 3.50. The van der Waals surface area contributed by atoms with Gasteiger partial charge in [-0.1, -0.05) is 0 Å². The molecule has 0 saturated carbocycles. The van der Waals surface area contributed by atoms with Gasteiger partial charge in [0.1, 0.15) is 23.1 Å². The third kappa shape index (κ3) is 0.461. The van der Waals surface area contributed by atoms with Crippen LogP contribution in [0, 0.1) is 0 Å². The second-order valence-electron chi connectivity index (χ2n) is 1.07. The molecule has 0 aromatic carbocycles. The maximum absolute atomic E-state index is 3.78. The lowest BCUT2D eigenvalue weighted by Crippen LogP contribution is -1.88. The lowest BCUT2D eigenvalue weighted by molar-refractivity contribution is 0.991. The summed E-state index contributed by atoms with van der Waals surface area (Å²) >= 11 is 0. The fourth-order valence-electron chi connectivity index (χ4n) is 0.267. The van der Waals surface area contributed by atoms with Crippen LogP contribution >= 0.6 is 0 Å². The van der Waals surface area contributed by atoms with E-state index in [0.29, 0.717) is 0 Å². The minimum atomic E-state index is 0.939. The molecule has 1 heterocycles. The Morgan fingerprint density at radius 2 is 2.50 bits per heavy atom. The van der Waals surface area contributed by atoms with Gasteiger partial charge in [-0.05, 0) is 0 Å². The summed E-state index contributed by atoms with van der Waals surface area (Å²) in [6.07, 6.45) is 3.24. The highest BCUT2D eigenvalue weighted by Gasteiger charge is 1.70. The second-order valence-corrected chi connectivity index (χ2v) is 1.99. The maximum atomic E-state index is 3.78. The van der Waals surface area contributed by atoms with Crippen LogP contribution in [-0.4, -0.2) is 24.8 Å². The Hall–Kier alpha value is -0.643. The topological polar surface area (TPSA) is 30.7 Å². The lowest BCUT2D eigenvalue weighted by atomic mass is 11.3. The van der Waals surface area contributed by atoms with Gasteiger partial charge in [0.15, 0.2) is 0 Å². The molecule has 0 atom stereocenters. The van der Waals surface area contributed by atoms with E-state index in [9.17, 15) is 0 Å². The Bertz CT molecular complexity index is 112. The Morgan fingerprint density at radius 3 is 2.67 bits per heavy atom. The van der Waals surface area contributed by atoms with E-state index >= 15 is 0 Å². The zero-order chi connectivity index (χ0) is 4.41. The first-order valence-corrected chi connectivity index (χ1v) is 2.57. The van der Waals surface area contributed by atoms with E-state index in [1.54, 1.807) is 10.7 Å². The average molecular weight is 99.2 g/mol. The van der Waals surface area contributed by atoms with Gasteiger partial charge in [0.25, 0.3) is 0 Å². The molecule has 0 aliphatic rings. The predicted molar refractivity (Wildman–Crippen MR) is 25.4 cm³/mol. The Labute approximate surface area is 38.5 Å². The number of rotatable bonds is 0. The molecule has 0 bridgehead atoms. The van der Waals surface area contributed by atoms with E-state index in [1.807, 2.05) is 0 Å². The van der Waals surface area contributed by atoms with Crippen LogP contribution in [0.2, 0.25) is 0 Å². The molecule has 0 N–H and O–H groups in total. The Kier molecular flexibility index (Phi) is 0.718. The first kappa shape index (κ1) is 3.54. The predicted octanol–water partition coefficient (Wildman–Crippen LogP) is -1.59. The molecule has 0 spiro atoms. The molecule has 4 heteroatoms. The third-order valence-electron chi connectivity index (χ3n) is 0.534. The van der Waals surface area contributed by atoms with Crippen molar-refractivity contribution >= 4 is 10.4 Å². The first-order valence-electron chi connectivity index (χ1n) is 1.68. The fourth-order valence-corrected chi connectivity index (χ4v) is 0.504. The van der Waals surface area contributed by atoms with Gasteiger partial charge in [0.05, 0.1) is 0 Å². The summed E-state index contributed by atoms with van der Waals surface area (Å²) in [5.41, 5.74) is 0. The van der Waals surface area contributed by atoms with Crippen LogP contribution in [-0.2, 0) is 0 Å². The zero-order valence-corrected chi connectivity index (χ0v) is 5.50. The van der Waals surface area contributed by atoms with Crippen LogP contribution in [0.15, 0.2) is 12.7 Å². The summed E-state index contributed by atoms with van der Waals surface area (Å²) in [4.78, 5) is 3.71. The molecule has 0 aliphatic heterocycles. The largest absolute Gasteiger partial charge is 0.295 e. The SMILES string of the molecule is [SiH3]n1cncn1. The Balaban J connectivity index is 3.05. The Morgan fingerprint density at radius 1 is 1.67 bits per heavy atom. The minimum absolute atomic E-state index is 0.939. The van der Waals surface area contributed by atoms with Gasteiger partial charge in [0.2, 0.25) is 0 Å². The second kappa shape index (κ2) is 1.21. The van der Waals surface area contributed by atoms with Crippen molar-refractivity contribution in [3.8, 4) is 0 Å². The summed E-state index contributed by atoms with van der Waals surface area (Å²) in [5.74, 6) is 0. The van der Waals surface area contributed by atoms with E-state index in [2.05, 4.69) is 10.1 Å². The minimum Gasteiger partial charge on any atom is -0.295 e. The van der Waals surface area contributed by atoms with Gasteiger partial charge in [-0.3, -0.25) is 4.35 Å². The summed E-state index contributed by atoms with van der Waals surface area (Å²) in [6, 6.07) is 0. The molecule has 0 fully saturated rings. The molecule has 0 amide bonds. The van der Waals surface area contributed by atoms with Crippen LogP contribution < -0.4 is 0 Å². The van der Waals surface area contributed by atoms with Crippen LogP contribution in [0.25, 0.3) is 0 Å². The van der Waals surface area contributed by atoms with E-state index in [1.165, 1.54) is 6.33 Å². The van der Waals surface area contributed by atoms with E-state index in [4.69, 9.17) is 0 Å². The highest BCUT2D eigenvalue weighted by atomic mass is 28.2. The van der Waals surface area contributed by atoms with E-state index in [-0.39, 0.29) is 0 Å². The van der Waals surface area contributed by atoms with Gasteiger partial charge in [-0.25, -0.2) is 4.98 Å². The molecule has 1 rings (SSSR count). The monoisotopic (exact) mass is 99.0 g/mol. The van der Waals surface area contributed by atoms with Crippen molar-refractivity contribution in [2.45, 2.75) is 0 Å². The van der Waals surface area contributed by atoms with E-state index in [0.717, 1.165) is 10.4 Å². The van der Waals surface area contributed by atoms with Gasteiger partial charge >= 0.3 is 0 Å². The third-order valence-corrected chi connectivity index (χ3v) is 0.996. The average Bonchev–Trinajstić information content (AvgIpc) is 1.86. The molecule has 1 aromatic heterocycles. The van der Waals surface area contributed by atoms with Crippen molar-refractivity contribution in [2.24, 2.45) is 0 Å². The van der Waals surface area contributed by atoms with Gasteiger partial charge < -0.3 is 0 Å². The molecular formula is C2H5N3Si. The van der Waals surface area contributed by atoms with Gasteiger partial charge in [-0.15, -0.1) is 0 Å². The van der Waals surface area contributed by atoms with Crippen LogP contribution in [0.5, 0.6) is 0 Å². The highest BCUT2D eigenvalue weighted by Crippen LogP contribution is 1.63. The quantitative estimate of drug-likeness (QED) is 0.367. The van der Waals surface area contributed by atoms with Crippen molar-refractivity contribution in [1.82, 2.24) is 14.4 Å². The molecule has 6 heavy (non-hydrogen) atoms.